The summed E-state index contributed by atoms with van der Waals surface area (Å²) in [6.07, 6.45) is 0. The van der Waals surface area contributed by atoms with Gasteiger partial charge in [0.2, 0.25) is 0 Å². The first-order valence-electron chi connectivity index (χ1n) is 3.59. The molecular formula is C10H7NiO2-. The number of rotatable bonds is 0. The Balaban J connectivity index is 0.000000396. The van der Waals surface area contributed by atoms with Crippen LogP contribution in [-0.2, 0) is 19.3 Å². The molecule has 0 spiro atoms. The fourth-order valence-electron chi connectivity index (χ4n) is 1.15. The SMILES string of the molecule is Oc1[c-]ccc2ccccc12.[O]=[Ni]. The van der Waals surface area contributed by atoms with Gasteiger partial charge in [-0.1, -0.05) is 23.6 Å². The zero-order chi connectivity index (χ0) is 9.68. The summed E-state index contributed by atoms with van der Waals surface area (Å²) in [6.45, 7) is 0. The molecule has 0 aliphatic heterocycles. The molecule has 0 fully saturated rings. The summed E-state index contributed by atoms with van der Waals surface area (Å²) in [5.74, 6) is 0.225. The molecule has 0 saturated carbocycles. The van der Waals surface area contributed by atoms with Gasteiger partial charge in [0.05, 0.1) is 0 Å². The van der Waals surface area contributed by atoms with Gasteiger partial charge in [0.15, 0.2) is 0 Å². The Morgan fingerprint density at radius 2 is 1.85 bits per heavy atom. The Labute approximate surface area is 83.8 Å². The van der Waals surface area contributed by atoms with Crippen molar-refractivity contribution in [2.24, 2.45) is 0 Å². The first-order valence-corrected chi connectivity index (χ1v) is 3.99. The normalized spacial score (nSPS) is 9.08. The molecule has 0 amide bonds. The molecule has 0 aromatic heterocycles. The van der Waals surface area contributed by atoms with Gasteiger partial charge in [-0.05, 0) is 0 Å². The van der Waals surface area contributed by atoms with Gasteiger partial charge in [0.25, 0.3) is 0 Å². The quantitative estimate of drug-likeness (QED) is 0.543. The van der Waals surface area contributed by atoms with E-state index in [0.717, 1.165) is 10.8 Å². The summed E-state index contributed by atoms with van der Waals surface area (Å²) < 4.78 is 7.88. The Bertz CT molecular complexity index is 396. The Morgan fingerprint density at radius 1 is 1.15 bits per heavy atom. The van der Waals surface area contributed by atoms with Crippen LogP contribution in [0.4, 0.5) is 0 Å². The second kappa shape index (κ2) is 4.73. The maximum atomic E-state index is 9.32. The molecule has 2 aromatic rings. The number of phenols is 1. The zero-order valence-corrected chi connectivity index (χ0v) is 7.62. The van der Waals surface area contributed by atoms with E-state index in [2.05, 4.69) is 21.5 Å². The maximum absolute atomic E-state index is 9.32. The van der Waals surface area contributed by atoms with E-state index >= 15 is 0 Å². The van der Waals surface area contributed by atoms with Crippen LogP contribution in [0.25, 0.3) is 10.8 Å². The van der Waals surface area contributed by atoms with Crippen LogP contribution in [0.15, 0.2) is 36.4 Å². The molecular weight excluding hydrogens is 211 g/mol. The van der Waals surface area contributed by atoms with Gasteiger partial charge in [-0.15, -0.1) is 17.5 Å². The monoisotopic (exact) mass is 217 g/mol. The zero-order valence-electron chi connectivity index (χ0n) is 6.64. The van der Waals surface area contributed by atoms with E-state index in [1.54, 1.807) is 6.07 Å². The van der Waals surface area contributed by atoms with Gasteiger partial charge < -0.3 is 5.11 Å². The summed E-state index contributed by atoms with van der Waals surface area (Å²) in [6, 6.07) is 14.1. The molecule has 0 aliphatic rings. The molecule has 13 heavy (non-hydrogen) atoms. The number of hydrogen-bond acceptors (Lipinski definition) is 2. The van der Waals surface area contributed by atoms with Crippen LogP contribution in [0.5, 0.6) is 5.75 Å². The molecule has 70 valence electrons. The summed E-state index contributed by atoms with van der Waals surface area (Å²) in [5.41, 5.74) is 0. The van der Waals surface area contributed by atoms with Crippen molar-refractivity contribution in [1.82, 2.24) is 0 Å². The Morgan fingerprint density at radius 3 is 2.54 bits per heavy atom. The molecule has 2 rings (SSSR count). The summed E-state index contributed by atoms with van der Waals surface area (Å²) >= 11 is 2.62. The van der Waals surface area contributed by atoms with Gasteiger partial charge >= 0.3 is 19.3 Å². The molecule has 0 aliphatic carbocycles. The third kappa shape index (κ3) is 2.13. The van der Waals surface area contributed by atoms with Crippen molar-refractivity contribution in [2.45, 2.75) is 0 Å². The van der Waals surface area contributed by atoms with Crippen LogP contribution in [-0.4, -0.2) is 5.11 Å². The van der Waals surface area contributed by atoms with Crippen LogP contribution in [0.2, 0.25) is 0 Å². The third-order valence-electron chi connectivity index (χ3n) is 1.70. The van der Waals surface area contributed by atoms with Gasteiger partial charge in [-0.25, -0.2) is 0 Å². The van der Waals surface area contributed by atoms with Crippen molar-refractivity contribution in [2.75, 3.05) is 0 Å². The van der Waals surface area contributed by atoms with Crippen molar-refractivity contribution >= 4 is 10.8 Å². The summed E-state index contributed by atoms with van der Waals surface area (Å²) in [4.78, 5) is 0. The molecule has 0 unspecified atom stereocenters. The van der Waals surface area contributed by atoms with Crippen molar-refractivity contribution < 1.29 is 24.4 Å². The van der Waals surface area contributed by atoms with E-state index in [4.69, 9.17) is 3.90 Å². The fourth-order valence-corrected chi connectivity index (χ4v) is 1.15. The van der Waals surface area contributed by atoms with Crippen LogP contribution in [0, 0.1) is 6.07 Å². The minimum absolute atomic E-state index is 0.225. The van der Waals surface area contributed by atoms with Gasteiger partial charge in [-0.3, -0.25) is 0 Å². The Kier molecular flexibility index (Phi) is 3.59. The van der Waals surface area contributed by atoms with Crippen LogP contribution in [0.1, 0.15) is 0 Å². The van der Waals surface area contributed by atoms with Crippen LogP contribution in [0.3, 0.4) is 0 Å². The van der Waals surface area contributed by atoms with E-state index in [9.17, 15) is 5.11 Å². The Hall–Kier alpha value is -1.21. The van der Waals surface area contributed by atoms with E-state index in [1.165, 1.54) is 0 Å². The standard InChI is InChI=1S/C10H7O.Ni.O/c11-10-7-3-5-8-4-1-2-6-9(8)10;;/h1-6,11H;;/q-1;;. The molecule has 0 bridgehead atoms. The van der Waals surface area contributed by atoms with E-state index in [1.807, 2.05) is 30.3 Å². The average Bonchev–Trinajstić information content (AvgIpc) is 2.22. The fraction of sp³-hybridized carbons (Fsp3) is 0. The second-order valence-electron chi connectivity index (χ2n) is 2.41. The average molecular weight is 218 g/mol. The van der Waals surface area contributed by atoms with E-state index in [-0.39, 0.29) is 5.75 Å². The molecule has 3 heteroatoms. The van der Waals surface area contributed by atoms with Crippen molar-refractivity contribution in [3.63, 3.8) is 0 Å². The van der Waals surface area contributed by atoms with Crippen LogP contribution < -0.4 is 0 Å². The molecule has 2 nitrogen and oxygen atoms in total. The summed E-state index contributed by atoms with van der Waals surface area (Å²) in [7, 11) is 0. The molecule has 0 heterocycles. The van der Waals surface area contributed by atoms with Gasteiger partial charge in [-0.2, -0.15) is 12.1 Å². The van der Waals surface area contributed by atoms with Gasteiger partial charge in [0.1, 0.15) is 0 Å². The van der Waals surface area contributed by atoms with Crippen molar-refractivity contribution in [1.29, 1.82) is 0 Å². The first-order chi connectivity index (χ1) is 6.38. The predicted octanol–water partition coefficient (Wildman–Crippen LogP) is 2.22. The van der Waals surface area contributed by atoms with Crippen LogP contribution >= 0.6 is 0 Å². The molecule has 0 saturated heterocycles. The number of phenolic OH excluding ortho intramolecular Hbond substituents is 1. The van der Waals surface area contributed by atoms with E-state index < -0.39 is 0 Å². The summed E-state index contributed by atoms with van der Waals surface area (Å²) in [5, 5.41) is 11.2. The third-order valence-corrected chi connectivity index (χ3v) is 1.70. The van der Waals surface area contributed by atoms with E-state index in [0.29, 0.717) is 0 Å². The molecule has 0 radical (unpaired) electrons. The first kappa shape index (κ1) is 9.88. The minimum atomic E-state index is 0.225. The molecule has 2 aromatic carbocycles. The predicted molar refractivity (Wildman–Crippen MR) is 45.1 cm³/mol. The topological polar surface area (TPSA) is 37.3 Å². The molecule has 1 N–H and O–H groups in total. The number of fused-ring (bicyclic) bond motifs is 1. The van der Waals surface area contributed by atoms with Crippen molar-refractivity contribution in [3.8, 4) is 5.75 Å². The molecule has 0 atom stereocenters. The second-order valence-corrected chi connectivity index (χ2v) is 2.41. The van der Waals surface area contributed by atoms with Gasteiger partial charge in [0, 0.05) is 5.75 Å². The number of aromatic hydroxyl groups is 1. The van der Waals surface area contributed by atoms with Crippen molar-refractivity contribution in [3.05, 3.63) is 42.5 Å². The number of benzene rings is 2. The number of hydrogen-bond donors (Lipinski definition) is 1.